The van der Waals surface area contributed by atoms with Crippen molar-refractivity contribution >= 4 is 21.4 Å². The molecule has 0 bridgehead atoms. The summed E-state index contributed by atoms with van der Waals surface area (Å²) in [5.74, 6) is 1.07. The molecule has 18 heavy (non-hydrogen) atoms. The van der Waals surface area contributed by atoms with E-state index in [1.54, 1.807) is 4.31 Å². The highest BCUT2D eigenvalue weighted by atomic mass is 32.2. The van der Waals surface area contributed by atoms with E-state index in [1.807, 2.05) is 13.8 Å². The van der Waals surface area contributed by atoms with Crippen LogP contribution in [0.2, 0.25) is 0 Å². The maximum atomic E-state index is 12.5. The molecule has 1 saturated heterocycles. The Morgan fingerprint density at radius 3 is 2.28 bits per heavy atom. The number of fused-ring (bicyclic) bond motifs is 1. The van der Waals surface area contributed by atoms with E-state index in [-0.39, 0.29) is 4.34 Å². The highest BCUT2D eigenvalue weighted by Crippen LogP contribution is 2.62. The Labute approximate surface area is 112 Å². The van der Waals surface area contributed by atoms with E-state index in [1.165, 1.54) is 11.3 Å². The first kappa shape index (κ1) is 12.6. The first-order chi connectivity index (χ1) is 8.24. The van der Waals surface area contributed by atoms with E-state index in [4.69, 9.17) is 0 Å². The molecular weight excluding hydrogens is 268 g/mol. The van der Waals surface area contributed by atoms with Crippen LogP contribution in [0.15, 0.2) is 4.34 Å². The molecule has 0 radical (unpaired) electrons. The van der Waals surface area contributed by atoms with E-state index in [2.05, 4.69) is 18.8 Å². The molecule has 2 heterocycles. The Balaban J connectivity index is 1.85. The molecule has 1 aromatic rings. The lowest BCUT2D eigenvalue weighted by Crippen LogP contribution is -2.32. The number of piperidine rings is 1. The van der Waals surface area contributed by atoms with E-state index in [0.717, 1.165) is 10.6 Å². The molecule has 4 nitrogen and oxygen atoms in total. The molecule has 2 fully saturated rings. The Bertz CT molecular complexity index is 570. The van der Waals surface area contributed by atoms with Gasteiger partial charge in [0.25, 0.3) is 10.0 Å². The van der Waals surface area contributed by atoms with Gasteiger partial charge in [-0.1, -0.05) is 13.8 Å². The number of sulfonamides is 1. The summed E-state index contributed by atoms with van der Waals surface area (Å²) in [5, 5.41) is 0. The number of hydrogen-bond acceptors (Lipinski definition) is 4. The van der Waals surface area contributed by atoms with Crippen molar-refractivity contribution in [3.63, 3.8) is 0 Å². The van der Waals surface area contributed by atoms with Crippen molar-refractivity contribution in [1.82, 2.24) is 9.29 Å². The van der Waals surface area contributed by atoms with Crippen molar-refractivity contribution in [2.24, 2.45) is 17.3 Å². The van der Waals surface area contributed by atoms with Crippen molar-refractivity contribution in [2.45, 2.75) is 32.0 Å². The van der Waals surface area contributed by atoms with E-state index in [0.29, 0.717) is 30.3 Å². The zero-order valence-corrected chi connectivity index (χ0v) is 12.7. The highest BCUT2D eigenvalue weighted by molar-refractivity contribution is 7.91. The van der Waals surface area contributed by atoms with Crippen LogP contribution in [0.25, 0.3) is 0 Å². The van der Waals surface area contributed by atoms with Gasteiger partial charge >= 0.3 is 0 Å². The molecule has 6 heteroatoms. The largest absolute Gasteiger partial charge is 0.270 e. The zero-order chi connectivity index (χ0) is 13.3. The Morgan fingerprint density at radius 2 is 1.83 bits per heavy atom. The van der Waals surface area contributed by atoms with Gasteiger partial charge in [-0.05, 0) is 31.1 Å². The van der Waals surface area contributed by atoms with Crippen LogP contribution in [-0.4, -0.2) is 30.8 Å². The molecule has 1 aliphatic heterocycles. The van der Waals surface area contributed by atoms with E-state index in [9.17, 15) is 8.42 Å². The average Bonchev–Trinajstić information content (AvgIpc) is 2.70. The Hall–Kier alpha value is -0.460. The maximum absolute atomic E-state index is 12.5. The molecular formula is C12H18N2O2S2. The Morgan fingerprint density at radius 1 is 1.28 bits per heavy atom. The normalized spacial score (nSPS) is 30.4. The van der Waals surface area contributed by atoms with Crippen molar-refractivity contribution in [1.29, 1.82) is 0 Å². The maximum Gasteiger partial charge on any atom is 0.270 e. The van der Waals surface area contributed by atoms with Crippen LogP contribution in [0.1, 0.15) is 24.4 Å². The second-order valence-corrected chi connectivity index (χ2v) is 9.29. The first-order valence-electron chi connectivity index (χ1n) is 6.19. The van der Waals surface area contributed by atoms with Crippen molar-refractivity contribution in [2.75, 3.05) is 13.1 Å². The third kappa shape index (κ3) is 1.58. The van der Waals surface area contributed by atoms with Gasteiger partial charge in [-0.25, -0.2) is 13.4 Å². The lowest BCUT2D eigenvalue weighted by molar-refractivity contribution is 0.364. The average molecular weight is 286 g/mol. The SMILES string of the molecule is Cc1nc(S(=O)(=O)N2CC3C(C2)C3(C)C)sc1C. The predicted octanol–water partition coefficient (Wildman–Crippen LogP) is 2.04. The van der Waals surface area contributed by atoms with Crippen molar-refractivity contribution < 1.29 is 8.42 Å². The van der Waals surface area contributed by atoms with Crippen molar-refractivity contribution in [3.8, 4) is 0 Å². The number of thiazole rings is 1. The van der Waals surface area contributed by atoms with Crippen LogP contribution in [0.4, 0.5) is 0 Å². The van der Waals surface area contributed by atoms with Crippen LogP contribution in [0, 0.1) is 31.1 Å². The number of aryl methyl sites for hydroxylation is 2. The molecule has 2 aliphatic rings. The summed E-state index contributed by atoms with van der Waals surface area (Å²) in [4.78, 5) is 5.18. The summed E-state index contributed by atoms with van der Waals surface area (Å²) in [6.45, 7) is 9.55. The van der Waals surface area contributed by atoms with Crippen LogP contribution >= 0.6 is 11.3 Å². The summed E-state index contributed by atoms with van der Waals surface area (Å²) < 4.78 is 26.8. The minimum Gasteiger partial charge on any atom is -0.229 e. The van der Waals surface area contributed by atoms with Crippen LogP contribution in [0.5, 0.6) is 0 Å². The van der Waals surface area contributed by atoms with E-state index >= 15 is 0 Å². The van der Waals surface area contributed by atoms with Gasteiger partial charge in [0.05, 0.1) is 5.69 Å². The molecule has 2 unspecified atom stereocenters. The lowest BCUT2D eigenvalue weighted by Gasteiger charge is -2.20. The van der Waals surface area contributed by atoms with Crippen LogP contribution in [0.3, 0.4) is 0 Å². The predicted molar refractivity (Wildman–Crippen MR) is 71.1 cm³/mol. The second-order valence-electron chi connectivity index (χ2n) is 5.98. The quantitative estimate of drug-likeness (QED) is 0.836. The fraction of sp³-hybridized carbons (Fsp3) is 0.750. The standard InChI is InChI=1S/C12H18N2O2S2/c1-7-8(2)17-11(13-7)18(15,16)14-5-9-10(6-14)12(9,3)4/h9-10H,5-6H2,1-4H3. The van der Waals surface area contributed by atoms with Gasteiger partial charge in [0, 0.05) is 18.0 Å². The Kier molecular flexibility index (Phi) is 2.48. The van der Waals surface area contributed by atoms with Gasteiger partial charge < -0.3 is 0 Å². The molecule has 100 valence electrons. The number of aromatic nitrogens is 1. The van der Waals surface area contributed by atoms with Crippen LogP contribution in [-0.2, 0) is 10.0 Å². The molecule has 1 aromatic heterocycles. The molecule has 1 saturated carbocycles. The highest BCUT2D eigenvalue weighted by Gasteiger charge is 2.63. The molecule has 2 atom stereocenters. The third-order valence-electron chi connectivity index (χ3n) is 4.66. The summed E-state index contributed by atoms with van der Waals surface area (Å²) >= 11 is 1.28. The topological polar surface area (TPSA) is 50.3 Å². The minimum atomic E-state index is -3.35. The number of rotatable bonds is 2. The first-order valence-corrected chi connectivity index (χ1v) is 8.44. The monoisotopic (exact) mass is 286 g/mol. The van der Waals surface area contributed by atoms with Gasteiger partial charge in [-0.2, -0.15) is 4.31 Å². The van der Waals surface area contributed by atoms with Crippen molar-refractivity contribution in [3.05, 3.63) is 10.6 Å². The fourth-order valence-electron chi connectivity index (χ4n) is 2.96. The van der Waals surface area contributed by atoms with Gasteiger partial charge in [0.2, 0.25) is 4.34 Å². The molecule has 3 rings (SSSR count). The van der Waals surface area contributed by atoms with E-state index < -0.39 is 10.0 Å². The number of nitrogens with zero attached hydrogens (tertiary/aromatic N) is 2. The van der Waals surface area contributed by atoms with Gasteiger partial charge in [0.15, 0.2) is 0 Å². The summed E-state index contributed by atoms with van der Waals surface area (Å²) in [5.41, 5.74) is 1.16. The third-order valence-corrected chi connectivity index (χ3v) is 7.92. The van der Waals surface area contributed by atoms with Gasteiger partial charge in [0.1, 0.15) is 0 Å². The molecule has 1 aliphatic carbocycles. The molecule has 0 aromatic carbocycles. The van der Waals surface area contributed by atoms with Gasteiger partial charge in [-0.15, -0.1) is 11.3 Å². The molecule has 0 amide bonds. The lowest BCUT2D eigenvalue weighted by atomic mass is 10.1. The minimum absolute atomic E-state index is 0.261. The summed E-state index contributed by atoms with van der Waals surface area (Å²) in [7, 11) is -3.35. The number of hydrogen-bond donors (Lipinski definition) is 0. The summed E-state index contributed by atoms with van der Waals surface area (Å²) in [6, 6.07) is 0. The second kappa shape index (κ2) is 3.55. The van der Waals surface area contributed by atoms with Gasteiger partial charge in [-0.3, -0.25) is 0 Å². The fourth-order valence-corrected chi connectivity index (χ4v) is 5.89. The smallest absolute Gasteiger partial charge is 0.229 e. The summed E-state index contributed by atoms with van der Waals surface area (Å²) in [6.07, 6.45) is 0. The zero-order valence-electron chi connectivity index (χ0n) is 11.1. The molecule has 0 N–H and O–H groups in total. The van der Waals surface area contributed by atoms with Crippen LogP contribution < -0.4 is 0 Å². The molecule has 0 spiro atoms.